The minimum Gasteiger partial charge on any atom is -0.490 e. The molecule has 0 bridgehead atoms. The summed E-state index contributed by atoms with van der Waals surface area (Å²) in [5.41, 5.74) is 6.29. The van der Waals surface area contributed by atoms with Crippen LogP contribution in [0.15, 0.2) is 24.3 Å². The second kappa shape index (κ2) is 7.13. The van der Waals surface area contributed by atoms with Crippen molar-refractivity contribution in [2.45, 2.75) is 26.2 Å². The zero-order valence-electron chi connectivity index (χ0n) is 12.5. The Hall–Kier alpha value is -1.27. The molecule has 0 atom stereocenters. The number of hydrogen-bond donors (Lipinski definition) is 1. The highest BCUT2D eigenvalue weighted by Gasteiger charge is 2.29. The van der Waals surface area contributed by atoms with Crippen molar-refractivity contribution in [3.63, 3.8) is 0 Å². The van der Waals surface area contributed by atoms with Crippen LogP contribution in [0.2, 0.25) is 0 Å². The van der Waals surface area contributed by atoms with Crippen molar-refractivity contribution >= 4 is 15.7 Å². The molecule has 0 aliphatic heterocycles. The lowest BCUT2D eigenvalue weighted by molar-refractivity contribution is 0.333. The Morgan fingerprint density at radius 1 is 1.33 bits per heavy atom. The van der Waals surface area contributed by atoms with Crippen molar-refractivity contribution in [1.29, 1.82) is 0 Å². The average Bonchev–Trinajstić information content (AvgIpc) is 3.24. The molecule has 1 fully saturated rings. The average molecular weight is 312 g/mol. The van der Waals surface area contributed by atoms with Crippen LogP contribution in [0.4, 0.5) is 5.69 Å². The summed E-state index contributed by atoms with van der Waals surface area (Å²) in [5, 5.41) is 0. The summed E-state index contributed by atoms with van der Waals surface area (Å²) in [6.45, 7) is 3.37. The fourth-order valence-electron chi connectivity index (χ4n) is 2.18. The van der Waals surface area contributed by atoms with Gasteiger partial charge in [0.15, 0.2) is 0 Å². The van der Waals surface area contributed by atoms with E-state index in [2.05, 4.69) is 0 Å². The van der Waals surface area contributed by atoms with Crippen molar-refractivity contribution in [1.82, 2.24) is 4.31 Å². The molecule has 21 heavy (non-hydrogen) atoms. The van der Waals surface area contributed by atoms with E-state index in [0.717, 1.165) is 19.3 Å². The van der Waals surface area contributed by atoms with Gasteiger partial charge in [-0.05, 0) is 37.3 Å². The third-order valence-corrected chi connectivity index (χ3v) is 5.34. The van der Waals surface area contributed by atoms with E-state index in [-0.39, 0.29) is 12.4 Å². The maximum atomic E-state index is 12.4. The Morgan fingerprint density at radius 2 is 2.05 bits per heavy atom. The molecule has 118 valence electrons. The topological polar surface area (TPSA) is 72.6 Å². The monoisotopic (exact) mass is 312 g/mol. The van der Waals surface area contributed by atoms with E-state index >= 15 is 0 Å². The molecule has 2 rings (SSSR count). The van der Waals surface area contributed by atoms with Crippen LogP contribution in [0.1, 0.15) is 26.2 Å². The Morgan fingerprint density at radius 3 is 2.67 bits per heavy atom. The lowest BCUT2D eigenvalue weighted by Crippen LogP contribution is -2.36. The number of nitrogens with zero attached hydrogens (tertiary/aromatic N) is 1. The molecule has 2 N–H and O–H groups in total. The molecule has 5 nitrogen and oxygen atoms in total. The molecule has 6 heteroatoms. The number of nitrogen functional groups attached to an aromatic ring is 1. The van der Waals surface area contributed by atoms with Gasteiger partial charge >= 0.3 is 0 Å². The molecule has 1 aliphatic carbocycles. The maximum Gasteiger partial charge on any atom is 0.217 e. The molecule has 0 aromatic heterocycles. The van der Waals surface area contributed by atoms with Crippen molar-refractivity contribution in [2.24, 2.45) is 5.92 Å². The third kappa shape index (κ3) is 4.89. The SMILES string of the molecule is CCCN(CC1CC1)S(=O)(=O)CCOc1ccccc1N. The van der Waals surface area contributed by atoms with Gasteiger partial charge in [0.05, 0.1) is 11.4 Å². The first kappa shape index (κ1) is 16.1. The number of ether oxygens (including phenoxy) is 1. The van der Waals surface area contributed by atoms with E-state index in [0.29, 0.717) is 30.4 Å². The van der Waals surface area contributed by atoms with Crippen LogP contribution >= 0.6 is 0 Å². The van der Waals surface area contributed by atoms with E-state index in [9.17, 15) is 8.42 Å². The van der Waals surface area contributed by atoms with Gasteiger partial charge in [0.2, 0.25) is 10.0 Å². The molecule has 1 aliphatic rings. The fourth-order valence-corrected chi connectivity index (χ4v) is 3.63. The minimum atomic E-state index is -3.26. The number of para-hydroxylation sites is 2. The molecular weight excluding hydrogens is 288 g/mol. The second-order valence-electron chi connectivity index (χ2n) is 5.50. The van der Waals surface area contributed by atoms with Gasteiger partial charge in [0.1, 0.15) is 12.4 Å². The van der Waals surface area contributed by atoms with E-state index in [1.807, 2.05) is 19.1 Å². The molecular formula is C15H24N2O3S. The Balaban J connectivity index is 1.88. The van der Waals surface area contributed by atoms with Crippen LogP contribution in [0.3, 0.4) is 0 Å². The van der Waals surface area contributed by atoms with Crippen molar-refractivity contribution in [3.8, 4) is 5.75 Å². The summed E-state index contributed by atoms with van der Waals surface area (Å²) in [6, 6.07) is 7.12. The van der Waals surface area contributed by atoms with Gasteiger partial charge in [0, 0.05) is 13.1 Å². The van der Waals surface area contributed by atoms with Crippen molar-refractivity contribution < 1.29 is 13.2 Å². The van der Waals surface area contributed by atoms with Crippen LogP contribution < -0.4 is 10.5 Å². The van der Waals surface area contributed by atoms with Crippen LogP contribution in [0, 0.1) is 5.92 Å². The molecule has 0 saturated heterocycles. The Labute approximate surface area is 127 Å². The van der Waals surface area contributed by atoms with Crippen LogP contribution in [0.5, 0.6) is 5.75 Å². The van der Waals surface area contributed by atoms with Gasteiger partial charge in [0.25, 0.3) is 0 Å². The molecule has 1 aromatic rings. The van der Waals surface area contributed by atoms with Crippen LogP contribution in [0.25, 0.3) is 0 Å². The normalized spacial score (nSPS) is 15.3. The third-order valence-electron chi connectivity index (χ3n) is 3.54. The first-order valence-electron chi connectivity index (χ1n) is 7.48. The van der Waals surface area contributed by atoms with Gasteiger partial charge in [-0.2, -0.15) is 0 Å². The highest BCUT2D eigenvalue weighted by molar-refractivity contribution is 7.89. The summed E-state index contributed by atoms with van der Waals surface area (Å²) in [7, 11) is -3.26. The maximum absolute atomic E-state index is 12.4. The lowest BCUT2D eigenvalue weighted by atomic mass is 10.3. The van der Waals surface area contributed by atoms with Gasteiger partial charge in [-0.1, -0.05) is 19.1 Å². The molecule has 0 spiro atoms. The standard InChI is InChI=1S/C15H24N2O3S/c1-2-9-17(12-13-7-8-13)21(18,19)11-10-20-15-6-4-3-5-14(15)16/h3-6,13H,2,7-12,16H2,1H3. The summed E-state index contributed by atoms with van der Waals surface area (Å²) in [5.74, 6) is 1.09. The molecule has 1 aromatic carbocycles. The highest BCUT2D eigenvalue weighted by atomic mass is 32.2. The number of hydrogen-bond acceptors (Lipinski definition) is 4. The number of anilines is 1. The first-order valence-corrected chi connectivity index (χ1v) is 9.09. The zero-order chi connectivity index (χ0) is 15.3. The van der Waals surface area contributed by atoms with E-state index < -0.39 is 10.0 Å². The van der Waals surface area contributed by atoms with E-state index in [4.69, 9.17) is 10.5 Å². The minimum absolute atomic E-state index is 0.00590. The number of benzene rings is 1. The predicted molar refractivity (Wildman–Crippen MR) is 84.7 cm³/mol. The molecule has 0 radical (unpaired) electrons. The molecule has 0 amide bonds. The largest absolute Gasteiger partial charge is 0.490 e. The fraction of sp³-hybridized carbons (Fsp3) is 0.600. The quantitative estimate of drug-likeness (QED) is 0.709. The number of sulfonamides is 1. The van der Waals surface area contributed by atoms with Gasteiger partial charge in [-0.25, -0.2) is 12.7 Å². The summed E-state index contributed by atoms with van der Waals surface area (Å²) in [6.07, 6.45) is 3.12. The van der Waals surface area contributed by atoms with E-state index in [1.54, 1.807) is 16.4 Å². The lowest BCUT2D eigenvalue weighted by Gasteiger charge is -2.21. The van der Waals surface area contributed by atoms with Gasteiger partial charge in [-0.3, -0.25) is 0 Å². The van der Waals surface area contributed by atoms with Gasteiger partial charge in [-0.15, -0.1) is 0 Å². The first-order chi connectivity index (χ1) is 10.0. The van der Waals surface area contributed by atoms with Crippen molar-refractivity contribution in [2.75, 3.05) is 31.2 Å². The number of nitrogens with two attached hydrogens (primary N) is 1. The smallest absolute Gasteiger partial charge is 0.217 e. The second-order valence-corrected chi connectivity index (χ2v) is 7.59. The Kier molecular flexibility index (Phi) is 5.47. The van der Waals surface area contributed by atoms with Crippen molar-refractivity contribution in [3.05, 3.63) is 24.3 Å². The number of rotatable bonds is 9. The van der Waals surface area contributed by atoms with Gasteiger partial charge < -0.3 is 10.5 Å². The molecule has 1 saturated carbocycles. The molecule has 0 heterocycles. The molecule has 0 unspecified atom stereocenters. The zero-order valence-corrected chi connectivity index (χ0v) is 13.3. The highest BCUT2D eigenvalue weighted by Crippen LogP contribution is 2.30. The van der Waals surface area contributed by atoms with E-state index in [1.165, 1.54) is 0 Å². The van der Waals surface area contributed by atoms with Crippen LogP contribution in [-0.4, -0.2) is 38.2 Å². The summed E-state index contributed by atoms with van der Waals surface area (Å²) >= 11 is 0. The summed E-state index contributed by atoms with van der Waals surface area (Å²) in [4.78, 5) is 0. The Bertz CT molecular complexity index is 556. The van der Waals surface area contributed by atoms with Crippen LogP contribution in [-0.2, 0) is 10.0 Å². The predicted octanol–water partition coefficient (Wildman–Crippen LogP) is 2.10. The summed E-state index contributed by atoms with van der Waals surface area (Å²) < 4.78 is 31.9.